The van der Waals surface area contributed by atoms with Crippen LogP contribution in [0.5, 0.6) is 0 Å². The van der Waals surface area contributed by atoms with E-state index in [0.29, 0.717) is 22.0 Å². The molecule has 0 bridgehead atoms. The van der Waals surface area contributed by atoms with Gasteiger partial charge in [0.2, 0.25) is 0 Å². The van der Waals surface area contributed by atoms with Crippen LogP contribution in [0, 0.1) is 6.92 Å². The molecular weight excluding hydrogens is 354 g/mol. The summed E-state index contributed by atoms with van der Waals surface area (Å²) in [5.41, 5.74) is 0.830. The van der Waals surface area contributed by atoms with Gasteiger partial charge in [0.05, 0.1) is 30.1 Å². The van der Waals surface area contributed by atoms with Gasteiger partial charge in [0.15, 0.2) is 6.54 Å². The molecule has 2 heterocycles. The molecule has 8 heteroatoms. The lowest BCUT2D eigenvalue weighted by molar-refractivity contribution is -0.896. The lowest BCUT2D eigenvalue weighted by Crippen LogP contribution is -3.13. The van der Waals surface area contributed by atoms with E-state index in [2.05, 4.69) is 5.32 Å². The first-order valence-corrected chi connectivity index (χ1v) is 9.82. The highest BCUT2D eigenvalue weighted by Gasteiger charge is 2.28. The zero-order chi connectivity index (χ0) is 19.3. The Morgan fingerprint density at radius 3 is 2.42 bits per heavy atom. The molecular formula is C18H28N3O4S+. The highest BCUT2D eigenvalue weighted by Crippen LogP contribution is 2.34. The SMILES string of the molecule is CCOC(=O)c1c(NC(=O)C[NH+]2CCCCC2)sc(C(=O)N(C)C)c1C. The lowest BCUT2D eigenvalue weighted by Gasteiger charge is -2.22. The summed E-state index contributed by atoms with van der Waals surface area (Å²) in [5.74, 6) is -0.850. The lowest BCUT2D eigenvalue weighted by atomic mass is 10.1. The molecule has 1 aliphatic rings. The number of carbonyl (C=O) groups excluding carboxylic acids is 3. The predicted octanol–water partition coefficient (Wildman–Crippen LogP) is 0.942. The monoisotopic (exact) mass is 382 g/mol. The number of piperidine rings is 1. The van der Waals surface area contributed by atoms with Gasteiger partial charge in [-0.1, -0.05) is 0 Å². The molecule has 1 aromatic rings. The number of thiophene rings is 1. The highest BCUT2D eigenvalue weighted by molar-refractivity contribution is 7.18. The molecule has 0 aliphatic carbocycles. The maximum atomic E-state index is 12.5. The standard InChI is InChI=1S/C18H27N3O4S/c1-5-25-18(24)14-12(2)15(17(23)20(3)4)26-16(14)19-13(22)11-21-9-7-6-8-10-21/h5-11H2,1-4H3,(H,19,22)/p+1. The van der Waals surface area contributed by atoms with Crippen LogP contribution in [0.4, 0.5) is 5.00 Å². The number of hydrogen-bond donors (Lipinski definition) is 2. The number of nitrogens with zero attached hydrogens (tertiary/aromatic N) is 1. The summed E-state index contributed by atoms with van der Waals surface area (Å²) in [7, 11) is 3.31. The Kier molecular flexibility index (Phi) is 7.16. The molecule has 144 valence electrons. The fourth-order valence-electron chi connectivity index (χ4n) is 3.08. The van der Waals surface area contributed by atoms with Gasteiger partial charge in [-0.2, -0.15) is 0 Å². The van der Waals surface area contributed by atoms with Crippen LogP contribution >= 0.6 is 11.3 Å². The van der Waals surface area contributed by atoms with E-state index in [1.807, 2.05) is 0 Å². The average molecular weight is 383 g/mol. The van der Waals surface area contributed by atoms with Gasteiger partial charge in [-0.3, -0.25) is 9.59 Å². The van der Waals surface area contributed by atoms with E-state index in [1.54, 1.807) is 27.9 Å². The third-order valence-electron chi connectivity index (χ3n) is 4.45. The van der Waals surface area contributed by atoms with E-state index in [9.17, 15) is 14.4 Å². The number of likely N-dealkylation sites (tertiary alicyclic amines) is 1. The first-order chi connectivity index (χ1) is 12.3. The van der Waals surface area contributed by atoms with Crippen LogP contribution < -0.4 is 10.2 Å². The van der Waals surface area contributed by atoms with Gasteiger partial charge in [-0.15, -0.1) is 11.3 Å². The van der Waals surface area contributed by atoms with Crippen molar-refractivity contribution >= 4 is 34.1 Å². The van der Waals surface area contributed by atoms with Crippen molar-refractivity contribution in [1.82, 2.24) is 4.90 Å². The normalized spacial score (nSPS) is 14.8. The van der Waals surface area contributed by atoms with Crippen molar-refractivity contribution in [2.24, 2.45) is 0 Å². The molecule has 0 aromatic carbocycles. The van der Waals surface area contributed by atoms with Gasteiger partial charge in [0.25, 0.3) is 11.8 Å². The molecule has 2 rings (SSSR count). The number of anilines is 1. The Morgan fingerprint density at radius 1 is 1.19 bits per heavy atom. The van der Waals surface area contributed by atoms with Gasteiger partial charge in [0.1, 0.15) is 5.00 Å². The molecule has 1 aromatic heterocycles. The van der Waals surface area contributed by atoms with Crippen molar-refractivity contribution in [1.29, 1.82) is 0 Å². The number of hydrogen-bond acceptors (Lipinski definition) is 5. The molecule has 1 saturated heterocycles. The number of quaternary nitrogens is 1. The Morgan fingerprint density at radius 2 is 1.85 bits per heavy atom. The van der Waals surface area contributed by atoms with Crippen LogP contribution in [-0.2, 0) is 9.53 Å². The third kappa shape index (κ3) is 4.82. The smallest absolute Gasteiger partial charge is 0.341 e. The number of carbonyl (C=O) groups is 3. The summed E-state index contributed by atoms with van der Waals surface area (Å²) >= 11 is 1.13. The van der Waals surface area contributed by atoms with Crippen molar-refractivity contribution in [3.05, 3.63) is 16.0 Å². The first-order valence-electron chi connectivity index (χ1n) is 9.00. The second kappa shape index (κ2) is 9.14. The Bertz CT molecular complexity index is 678. The van der Waals surface area contributed by atoms with Crippen molar-refractivity contribution < 1.29 is 24.0 Å². The van der Waals surface area contributed by atoms with Crippen LogP contribution in [0.3, 0.4) is 0 Å². The third-order valence-corrected chi connectivity index (χ3v) is 5.65. The van der Waals surface area contributed by atoms with E-state index in [0.717, 1.165) is 37.3 Å². The van der Waals surface area contributed by atoms with E-state index in [4.69, 9.17) is 4.74 Å². The summed E-state index contributed by atoms with van der Waals surface area (Å²) in [6.45, 7) is 6.03. The average Bonchev–Trinajstić information content (AvgIpc) is 2.91. The molecule has 1 fully saturated rings. The maximum absolute atomic E-state index is 12.5. The molecule has 2 N–H and O–H groups in total. The number of nitrogens with one attached hydrogen (secondary N) is 2. The number of amides is 2. The fraction of sp³-hybridized carbons (Fsp3) is 0.611. The van der Waals surface area contributed by atoms with Crippen molar-refractivity contribution in [3.8, 4) is 0 Å². The number of ether oxygens (including phenoxy) is 1. The zero-order valence-electron chi connectivity index (χ0n) is 15.9. The molecule has 26 heavy (non-hydrogen) atoms. The predicted molar refractivity (Wildman–Crippen MR) is 101 cm³/mol. The Hall–Kier alpha value is -1.93. The van der Waals surface area contributed by atoms with E-state index < -0.39 is 5.97 Å². The van der Waals surface area contributed by atoms with Gasteiger partial charge in [-0.05, 0) is 38.7 Å². The minimum absolute atomic E-state index is 0.141. The Labute approximate surface area is 158 Å². The summed E-state index contributed by atoms with van der Waals surface area (Å²) in [6.07, 6.45) is 3.49. The van der Waals surface area contributed by atoms with E-state index in [1.165, 1.54) is 16.2 Å². The minimum atomic E-state index is -0.514. The van der Waals surface area contributed by atoms with Crippen LogP contribution in [-0.4, -0.2) is 63.0 Å². The molecule has 0 radical (unpaired) electrons. The summed E-state index contributed by atoms with van der Waals surface area (Å²) in [5, 5.41) is 3.24. The van der Waals surface area contributed by atoms with Gasteiger partial charge >= 0.3 is 5.97 Å². The first kappa shape index (κ1) is 20.4. The topological polar surface area (TPSA) is 80.1 Å². The molecule has 0 unspecified atom stereocenters. The minimum Gasteiger partial charge on any atom is -0.462 e. The number of rotatable bonds is 6. The largest absolute Gasteiger partial charge is 0.462 e. The molecule has 0 saturated carbocycles. The second-order valence-corrected chi connectivity index (χ2v) is 7.74. The Balaban J connectivity index is 2.24. The van der Waals surface area contributed by atoms with Crippen LogP contribution in [0.1, 0.15) is 51.8 Å². The molecule has 1 aliphatic heterocycles. The van der Waals surface area contributed by atoms with Crippen LogP contribution in [0.15, 0.2) is 0 Å². The molecule has 0 spiro atoms. The zero-order valence-corrected chi connectivity index (χ0v) is 16.8. The van der Waals surface area contributed by atoms with E-state index in [-0.39, 0.29) is 24.0 Å². The van der Waals surface area contributed by atoms with Crippen molar-refractivity contribution in [3.63, 3.8) is 0 Å². The van der Waals surface area contributed by atoms with Crippen molar-refractivity contribution in [2.75, 3.05) is 45.7 Å². The van der Waals surface area contributed by atoms with Gasteiger partial charge < -0.3 is 19.9 Å². The van der Waals surface area contributed by atoms with Gasteiger partial charge in [0, 0.05) is 14.1 Å². The summed E-state index contributed by atoms with van der Waals surface area (Å²) < 4.78 is 5.12. The fourth-order valence-corrected chi connectivity index (χ4v) is 4.32. The summed E-state index contributed by atoms with van der Waals surface area (Å²) in [4.78, 5) is 40.4. The quantitative estimate of drug-likeness (QED) is 0.718. The highest BCUT2D eigenvalue weighted by atomic mass is 32.1. The van der Waals surface area contributed by atoms with Crippen LogP contribution in [0.2, 0.25) is 0 Å². The molecule has 0 atom stereocenters. The van der Waals surface area contributed by atoms with Crippen molar-refractivity contribution in [2.45, 2.75) is 33.1 Å². The van der Waals surface area contributed by atoms with Crippen LogP contribution in [0.25, 0.3) is 0 Å². The molecule has 7 nitrogen and oxygen atoms in total. The number of esters is 1. The van der Waals surface area contributed by atoms with E-state index >= 15 is 0 Å². The van der Waals surface area contributed by atoms with Gasteiger partial charge in [-0.25, -0.2) is 4.79 Å². The summed E-state index contributed by atoms with van der Waals surface area (Å²) in [6, 6.07) is 0. The second-order valence-electron chi connectivity index (χ2n) is 6.72. The maximum Gasteiger partial charge on any atom is 0.341 e. The molecule has 2 amide bonds.